The minimum absolute atomic E-state index is 0.202. The lowest BCUT2D eigenvalue weighted by atomic mass is 9.82. The van der Waals surface area contributed by atoms with Crippen LogP contribution >= 0.6 is 0 Å². The van der Waals surface area contributed by atoms with Gasteiger partial charge in [0.05, 0.1) is 22.8 Å². The molecule has 0 unspecified atom stereocenters. The number of rotatable bonds is 9. The van der Waals surface area contributed by atoms with E-state index in [0.717, 1.165) is 54.2 Å². The van der Waals surface area contributed by atoms with Gasteiger partial charge in [0.2, 0.25) is 0 Å². The van der Waals surface area contributed by atoms with E-state index in [4.69, 9.17) is 14.5 Å². The minimum atomic E-state index is -2.90. The normalized spacial score (nSPS) is 19.8. The fourth-order valence-electron chi connectivity index (χ4n) is 5.74. The Morgan fingerprint density at radius 2 is 1.62 bits per heavy atom. The number of ether oxygens (including phenoxy) is 2. The smallest absolute Gasteiger partial charge is 0.337 e. The first-order chi connectivity index (χ1) is 19.6. The summed E-state index contributed by atoms with van der Waals surface area (Å²) in [5.41, 5.74) is 4.42. The molecule has 0 saturated carbocycles. The Morgan fingerprint density at radius 1 is 1.02 bits per heavy atom. The SMILES string of the molecule is Cc1nc(C)c([C@H](OC(C)(C)C)C(=O)O)c(N2CCC(C)(C)CC2)c1-c1ccc(OCCN2CCS(=O)(=O)CC2)cc1. The highest BCUT2D eigenvalue weighted by molar-refractivity contribution is 7.91. The third-order valence-electron chi connectivity index (χ3n) is 8.23. The number of aliphatic carboxylic acids is 1. The van der Waals surface area contributed by atoms with Crippen LogP contribution in [-0.2, 0) is 19.4 Å². The summed E-state index contributed by atoms with van der Waals surface area (Å²) < 4.78 is 35.5. The van der Waals surface area contributed by atoms with E-state index < -0.39 is 27.5 Å². The van der Waals surface area contributed by atoms with E-state index in [1.807, 2.05) is 58.9 Å². The molecule has 2 fully saturated rings. The number of carboxylic acids is 1. The molecular weight excluding hydrogens is 554 g/mol. The number of piperidine rings is 1. The van der Waals surface area contributed by atoms with Gasteiger partial charge in [0.1, 0.15) is 12.4 Å². The Bertz CT molecular complexity index is 1360. The third kappa shape index (κ3) is 8.02. The zero-order valence-electron chi connectivity index (χ0n) is 26.2. The number of benzene rings is 1. The average molecular weight is 602 g/mol. The quantitative estimate of drug-likeness (QED) is 0.423. The van der Waals surface area contributed by atoms with Crippen molar-refractivity contribution in [2.75, 3.05) is 55.7 Å². The maximum atomic E-state index is 12.7. The van der Waals surface area contributed by atoms with Crippen molar-refractivity contribution < 1.29 is 27.8 Å². The van der Waals surface area contributed by atoms with Gasteiger partial charge in [-0.15, -0.1) is 0 Å². The predicted octanol–water partition coefficient (Wildman–Crippen LogP) is 5.04. The molecule has 9 nitrogen and oxygen atoms in total. The number of nitrogens with zero attached hydrogens (tertiary/aromatic N) is 3. The fraction of sp³-hybridized carbons (Fsp3) is 0.625. The van der Waals surface area contributed by atoms with E-state index in [1.54, 1.807) is 0 Å². The second-order valence-corrected chi connectivity index (χ2v) is 15.7. The van der Waals surface area contributed by atoms with Crippen LogP contribution in [0.4, 0.5) is 5.69 Å². The number of hydrogen-bond acceptors (Lipinski definition) is 8. The van der Waals surface area contributed by atoms with Crippen molar-refractivity contribution in [3.63, 3.8) is 0 Å². The molecule has 0 radical (unpaired) electrons. The minimum Gasteiger partial charge on any atom is -0.492 e. The van der Waals surface area contributed by atoms with E-state index in [-0.39, 0.29) is 16.9 Å². The summed E-state index contributed by atoms with van der Waals surface area (Å²) in [6.07, 6.45) is 0.842. The molecule has 1 aromatic carbocycles. The number of hydrogen-bond donors (Lipinski definition) is 1. The Labute approximate surface area is 251 Å². The van der Waals surface area contributed by atoms with Crippen molar-refractivity contribution >= 4 is 21.5 Å². The Kier molecular flexibility index (Phi) is 9.59. The maximum Gasteiger partial charge on any atom is 0.337 e. The van der Waals surface area contributed by atoms with E-state index in [0.29, 0.717) is 37.5 Å². The lowest BCUT2D eigenvalue weighted by Crippen LogP contribution is -2.42. The van der Waals surface area contributed by atoms with Crippen LogP contribution in [0.2, 0.25) is 0 Å². The molecule has 10 heteroatoms. The Morgan fingerprint density at radius 3 is 2.17 bits per heavy atom. The predicted molar refractivity (Wildman–Crippen MR) is 166 cm³/mol. The van der Waals surface area contributed by atoms with Crippen LogP contribution in [-0.4, -0.2) is 85.8 Å². The van der Waals surface area contributed by atoms with Crippen LogP contribution in [0.5, 0.6) is 5.75 Å². The molecule has 232 valence electrons. The van der Waals surface area contributed by atoms with E-state index in [9.17, 15) is 18.3 Å². The van der Waals surface area contributed by atoms with Gasteiger partial charge < -0.3 is 19.5 Å². The lowest BCUT2D eigenvalue weighted by Gasteiger charge is -2.41. The van der Waals surface area contributed by atoms with Crippen LogP contribution in [0, 0.1) is 19.3 Å². The average Bonchev–Trinajstić information content (AvgIpc) is 2.88. The molecule has 1 N–H and O–H groups in total. The zero-order chi connectivity index (χ0) is 30.9. The van der Waals surface area contributed by atoms with Crippen LogP contribution < -0.4 is 9.64 Å². The van der Waals surface area contributed by atoms with Gasteiger partial charge in [0.25, 0.3) is 0 Å². The van der Waals surface area contributed by atoms with E-state index in [1.165, 1.54) is 0 Å². The van der Waals surface area contributed by atoms with Crippen molar-refractivity contribution in [1.29, 1.82) is 0 Å². The highest BCUT2D eigenvalue weighted by atomic mass is 32.2. The third-order valence-corrected chi connectivity index (χ3v) is 9.84. The molecule has 42 heavy (non-hydrogen) atoms. The number of carbonyl (C=O) groups is 1. The van der Waals surface area contributed by atoms with Gasteiger partial charge in [0.15, 0.2) is 15.9 Å². The van der Waals surface area contributed by atoms with Gasteiger partial charge in [-0.1, -0.05) is 26.0 Å². The topological polar surface area (TPSA) is 109 Å². The molecule has 3 heterocycles. The van der Waals surface area contributed by atoms with Crippen molar-refractivity contribution in [3.05, 3.63) is 41.2 Å². The van der Waals surface area contributed by atoms with Crippen molar-refractivity contribution in [2.24, 2.45) is 5.41 Å². The van der Waals surface area contributed by atoms with Crippen LogP contribution in [0.1, 0.15) is 70.5 Å². The molecule has 4 rings (SSSR count). The Hall–Kier alpha value is -2.69. The summed E-state index contributed by atoms with van der Waals surface area (Å²) >= 11 is 0. The highest BCUT2D eigenvalue weighted by Crippen LogP contribution is 2.45. The number of sulfone groups is 1. The van der Waals surface area contributed by atoms with Crippen LogP contribution in [0.3, 0.4) is 0 Å². The molecule has 2 aliphatic rings. The summed E-state index contributed by atoms with van der Waals surface area (Å²) in [7, 11) is -2.90. The molecule has 1 atom stereocenters. The number of pyridine rings is 1. The standard InChI is InChI=1S/C32H47N3O6S/c1-22-26(24-8-10-25(11-9-24)40-19-16-34-17-20-42(38,39)21-18-34)28(35-14-12-32(6,7)13-15-35)27(23(2)33-22)29(30(36)37)41-31(3,4)5/h8-11,29H,12-21H2,1-7H3,(H,36,37)/t29-/m0/s1. The molecule has 0 amide bonds. The molecule has 2 aliphatic heterocycles. The van der Waals surface area contributed by atoms with Crippen LogP contribution in [0.15, 0.2) is 24.3 Å². The first-order valence-electron chi connectivity index (χ1n) is 14.9. The second-order valence-electron chi connectivity index (χ2n) is 13.4. The van der Waals surface area contributed by atoms with Gasteiger partial charge in [-0.05, 0) is 70.6 Å². The molecular formula is C32H47N3O6S. The maximum absolute atomic E-state index is 12.7. The first-order valence-corrected chi connectivity index (χ1v) is 16.7. The molecule has 2 saturated heterocycles. The van der Waals surface area contributed by atoms with Gasteiger partial charge in [0, 0.05) is 55.2 Å². The zero-order valence-corrected chi connectivity index (χ0v) is 27.0. The molecule has 1 aromatic heterocycles. The molecule has 2 aromatic rings. The van der Waals surface area contributed by atoms with Crippen molar-refractivity contribution in [3.8, 4) is 16.9 Å². The summed E-state index contributed by atoms with van der Waals surface area (Å²) in [5.74, 6) is 0.0995. The molecule has 0 bridgehead atoms. The molecule has 0 aliphatic carbocycles. The number of carboxylic acid groups (broad SMARTS) is 1. The molecule has 0 spiro atoms. The lowest BCUT2D eigenvalue weighted by molar-refractivity contribution is -0.160. The Balaban J connectivity index is 1.66. The summed E-state index contributed by atoms with van der Waals surface area (Å²) in [5, 5.41) is 10.4. The summed E-state index contributed by atoms with van der Waals surface area (Å²) in [6, 6.07) is 7.87. The fourth-order valence-corrected chi connectivity index (χ4v) is 7.02. The van der Waals surface area contributed by atoms with Crippen LogP contribution in [0.25, 0.3) is 11.1 Å². The second kappa shape index (κ2) is 12.5. The van der Waals surface area contributed by atoms with Gasteiger partial charge in [-0.3, -0.25) is 9.88 Å². The first kappa shape index (κ1) is 32.2. The number of anilines is 1. The van der Waals surface area contributed by atoms with E-state index in [2.05, 4.69) is 23.6 Å². The van der Waals surface area contributed by atoms with Gasteiger partial charge >= 0.3 is 5.97 Å². The monoisotopic (exact) mass is 601 g/mol. The van der Waals surface area contributed by atoms with Crippen molar-refractivity contribution in [1.82, 2.24) is 9.88 Å². The summed E-state index contributed by atoms with van der Waals surface area (Å²) in [6.45, 7) is 17.9. The van der Waals surface area contributed by atoms with Gasteiger partial charge in [-0.25, -0.2) is 13.2 Å². The largest absolute Gasteiger partial charge is 0.492 e. The van der Waals surface area contributed by atoms with Gasteiger partial charge in [-0.2, -0.15) is 0 Å². The summed E-state index contributed by atoms with van der Waals surface area (Å²) in [4.78, 5) is 22.0. The number of aromatic nitrogens is 1. The number of aryl methyl sites for hydroxylation is 2. The van der Waals surface area contributed by atoms with Crippen molar-refractivity contribution in [2.45, 2.75) is 73.0 Å². The highest BCUT2D eigenvalue weighted by Gasteiger charge is 2.36. The van der Waals surface area contributed by atoms with E-state index >= 15 is 0 Å².